The third kappa shape index (κ3) is 4.42. The van der Waals surface area contributed by atoms with Crippen molar-refractivity contribution in [1.29, 1.82) is 0 Å². The summed E-state index contributed by atoms with van der Waals surface area (Å²) in [4.78, 5) is 5.02. The fourth-order valence-corrected chi connectivity index (χ4v) is 7.29. The fraction of sp³-hybridized carbons (Fsp3) is 0. The molecule has 0 radical (unpaired) electrons. The standard InChI is InChI=1S/C45H29N3O/c1-4-13-30(14-5-1)33-19-12-20-36(27-33)47-39-22-11-10-21-37(39)38-28-34(23-25-40(38)47)35-24-26-42-41(29-35)48-44(32-17-8-3-9-18-32)43(46-45(48)49-42)31-15-6-2-7-16-31/h1-29H. The maximum Gasteiger partial charge on any atom is 0.307 e. The van der Waals surface area contributed by atoms with Gasteiger partial charge < -0.3 is 8.98 Å². The summed E-state index contributed by atoms with van der Waals surface area (Å²) < 4.78 is 10.9. The van der Waals surface area contributed by atoms with Crippen LogP contribution in [0.15, 0.2) is 180 Å². The molecule has 230 valence electrons. The summed E-state index contributed by atoms with van der Waals surface area (Å²) in [7, 11) is 0. The summed E-state index contributed by atoms with van der Waals surface area (Å²) in [6.07, 6.45) is 0. The zero-order valence-electron chi connectivity index (χ0n) is 26.5. The largest absolute Gasteiger partial charge is 0.423 e. The van der Waals surface area contributed by atoms with E-state index >= 15 is 0 Å². The van der Waals surface area contributed by atoms with E-state index in [-0.39, 0.29) is 0 Å². The van der Waals surface area contributed by atoms with Crippen LogP contribution in [0.1, 0.15) is 0 Å². The average Bonchev–Trinajstić information content (AvgIpc) is 3.83. The number of hydrogen-bond donors (Lipinski definition) is 0. The Balaban J connectivity index is 1.16. The van der Waals surface area contributed by atoms with Gasteiger partial charge in [-0.1, -0.05) is 133 Å². The molecule has 4 heteroatoms. The molecule has 49 heavy (non-hydrogen) atoms. The van der Waals surface area contributed by atoms with Crippen LogP contribution in [0.3, 0.4) is 0 Å². The molecule has 3 aromatic heterocycles. The van der Waals surface area contributed by atoms with Crippen molar-refractivity contribution in [3.05, 3.63) is 176 Å². The van der Waals surface area contributed by atoms with Gasteiger partial charge in [-0.3, -0.25) is 4.40 Å². The van der Waals surface area contributed by atoms with Crippen LogP contribution in [-0.4, -0.2) is 14.0 Å². The van der Waals surface area contributed by atoms with Crippen molar-refractivity contribution >= 4 is 38.7 Å². The number of nitrogens with zero attached hydrogens (tertiary/aromatic N) is 3. The highest BCUT2D eigenvalue weighted by atomic mass is 16.4. The first kappa shape index (κ1) is 27.5. The van der Waals surface area contributed by atoms with Crippen LogP contribution in [0.2, 0.25) is 0 Å². The maximum atomic E-state index is 6.38. The van der Waals surface area contributed by atoms with E-state index in [0.29, 0.717) is 5.84 Å². The number of rotatable bonds is 5. The Morgan fingerprint density at radius 1 is 0.408 bits per heavy atom. The topological polar surface area (TPSA) is 35.4 Å². The van der Waals surface area contributed by atoms with Gasteiger partial charge >= 0.3 is 5.84 Å². The monoisotopic (exact) mass is 627 g/mol. The van der Waals surface area contributed by atoms with Crippen LogP contribution in [0.25, 0.3) is 89.2 Å². The lowest BCUT2D eigenvalue weighted by molar-refractivity contribution is 0.642. The van der Waals surface area contributed by atoms with Gasteiger partial charge in [0.15, 0.2) is 5.58 Å². The summed E-state index contributed by atoms with van der Waals surface area (Å²) in [6.45, 7) is 0. The van der Waals surface area contributed by atoms with Gasteiger partial charge in [0.25, 0.3) is 0 Å². The van der Waals surface area contributed by atoms with Gasteiger partial charge in [0.2, 0.25) is 0 Å². The van der Waals surface area contributed by atoms with Crippen LogP contribution in [0, 0.1) is 0 Å². The predicted molar refractivity (Wildman–Crippen MR) is 201 cm³/mol. The molecule has 0 aliphatic heterocycles. The number of oxazole rings is 1. The van der Waals surface area contributed by atoms with E-state index in [4.69, 9.17) is 9.40 Å². The second-order valence-electron chi connectivity index (χ2n) is 12.4. The molecule has 0 aliphatic carbocycles. The van der Waals surface area contributed by atoms with E-state index < -0.39 is 0 Å². The minimum absolute atomic E-state index is 0.584. The third-order valence-electron chi connectivity index (χ3n) is 9.56. The lowest BCUT2D eigenvalue weighted by Crippen LogP contribution is -1.94. The van der Waals surface area contributed by atoms with Crippen molar-refractivity contribution in [2.45, 2.75) is 0 Å². The number of aromatic nitrogens is 3. The van der Waals surface area contributed by atoms with Gasteiger partial charge in [0.1, 0.15) is 5.69 Å². The Morgan fingerprint density at radius 3 is 1.82 bits per heavy atom. The molecule has 0 fully saturated rings. The molecule has 0 N–H and O–H groups in total. The van der Waals surface area contributed by atoms with Gasteiger partial charge in [0, 0.05) is 27.6 Å². The van der Waals surface area contributed by atoms with Crippen molar-refractivity contribution in [1.82, 2.24) is 14.0 Å². The Labute approximate surface area is 282 Å². The van der Waals surface area contributed by atoms with Crippen LogP contribution < -0.4 is 0 Å². The molecule has 0 saturated heterocycles. The average molecular weight is 628 g/mol. The number of imidazole rings is 1. The van der Waals surface area contributed by atoms with Gasteiger partial charge in [-0.2, -0.15) is 4.98 Å². The SMILES string of the molecule is c1ccc(-c2cccc(-n3c4ccccc4c4cc(-c5ccc6oc7nc(-c8ccccc8)c(-c8ccccc8)n7c6c5)ccc43)c2)cc1. The van der Waals surface area contributed by atoms with E-state index in [2.05, 4.69) is 173 Å². The zero-order chi connectivity index (χ0) is 32.3. The molecule has 0 amide bonds. The van der Waals surface area contributed by atoms with Crippen molar-refractivity contribution in [2.24, 2.45) is 0 Å². The third-order valence-corrected chi connectivity index (χ3v) is 9.56. The van der Waals surface area contributed by atoms with Crippen LogP contribution >= 0.6 is 0 Å². The molecule has 0 aliphatic rings. The Kier molecular flexibility index (Phi) is 6.15. The van der Waals surface area contributed by atoms with Crippen molar-refractivity contribution < 1.29 is 4.42 Å². The first-order valence-electron chi connectivity index (χ1n) is 16.6. The molecule has 7 aromatic carbocycles. The van der Waals surface area contributed by atoms with E-state index in [0.717, 1.165) is 50.4 Å². The Bertz CT molecular complexity index is 2810. The molecular weight excluding hydrogens is 599 g/mol. The zero-order valence-corrected chi connectivity index (χ0v) is 26.5. The molecule has 4 nitrogen and oxygen atoms in total. The molecule has 0 saturated carbocycles. The van der Waals surface area contributed by atoms with E-state index in [1.807, 2.05) is 12.1 Å². The smallest absolute Gasteiger partial charge is 0.307 e. The highest BCUT2D eigenvalue weighted by Crippen LogP contribution is 2.39. The summed E-state index contributed by atoms with van der Waals surface area (Å²) in [5.74, 6) is 0.584. The summed E-state index contributed by atoms with van der Waals surface area (Å²) in [5.41, 5.74) is 14.0. The summed E-state index contributed by atoms with van der Waals surface area (Å²) in [5, 5.41) is 2.44. The first-order chi connectivity index (χ1) is 24.3. The van der Waals surface area contributed by atoms with E-state index in [9.17, 15) is 0 Å². The van der Waals surface area contributed by atoms with Crippen LogP contribution in [-0.2, 0) is 0 Å². The minimum atomic E-state index is 0.584. The second kappa shape index (κ2) is 11.0. The maximum absolute atomic E-state index is 6.38. The molecular formula is C45H29N3O. The number of para-hydroxylation sites is 1. The second-order valence-corrected chi connectivity index (χ2v) is 12.4. The molecule has 0 atom stereocenters. The van der Waals surface area contributed by atoms with Crippen molar-refractivity contribution in [2.75, 3.05) is 0 Å². The van der Waals surface area contributed by atoms with E-state index in [1.54, 1.807) is 0 Å². The van der Waals surface area contributed by atoms with Crippen LogP contribution in [0.5, 0.6) is 0 Å². The minimum Gasteiger partial charge on any atom is -0.423 e. The molecule has 10 rings (SSSR count). The fourth-order valence-electron chi connectivity index (χ4n) is 7.29. The lowest BCUT2D eigenvalue weighted by Gasteiger charge is -2.11. The lowest BCUT2D eigenvalue weighted by atomic mass is 10.0. The van der Waals surface area contributed by atoms with Crippen LogP contribution in [0.4, 0.5) is 0 Å². The van der Waals surface area contributed by atoms with E-state index in [1.165, 1.54) is 32.9 Å². The Hall–Kier alpha value is -6.65. The number of benzene rings is 7. The highest BCUT2D eigenvalue weighted by molar-refractivity contribution is 6.10. The quantitative estimate of drug-likeness (QED) is 0.190. The normalized spacial score (nSPS) is 11.7. The molecule has 3 heterocycles. The summed E-state index contributed by atoms with van der Waals surface area (Å²) >= 11 is 0. The van der Waals surface area contributed by atoms with Crippen molar-refractivity contribution in [3.63, 3.8) is 0 Å². The van der Waals surface area contributed by atoms with Gasteiger partial charge in [-0.15, -0.1) is 0 Å². The number of fused-ring (bicyclic) bond motifs is 6. The first-order valence-corrected chi connectivity index (χ1v) is 16.6. The van der Waals surface area contributed by atoms with Gasteiger partial charge in [-0.25, -0.2) is 0 Å². The molecule has 10 aromatic rings. The predicted octanol–water partition coefficient (Wildman–Crippen LogP) is 11.8. The highest BCUT2D eigenvalue weighted by Gasteiger charge is 2.22. The molecule has 0 spiro atoms. The Morgan fingerprint density at radius 2 is 1.02 bits per heavy atom. The van der Waals surface area contributed by atoms with Gasteiger partial charge in [0.05, 0.1) is 22.2 Å². The van der Waals surface area contributed by atoms with Crippen molar-refractivity contribution in [3.8, 4) is 50.5 Å². The molecule has 0 unspecified atom stereocenters. The molecule has 0 bridgehead atoms. The number of hydrogen-bond acceptors (Lipinski definition) is 2. The van der Waals surface area contributed by atoms with Gasteiger partial charge in [-0.05, 0) is 64.7 Å². The summed E-state index contributed by atoms with van der Waals surface area (Å²) in [6, 6.07) is 62.1.